The van der Waals surface area contributed by atoms with Gasteiger partial charge in [-0.05, 0) is 6.92 Å². The molecule has 0 aliphatic heterocycles. The Kier molecular flexibility index (Phi) is 5.23. The van der Waals surface area contributed by atoms with E-state index in [4.69, 9.17) is 0 Å². The van der Waals surface area contributed by atoms with E-state index in [0.717, 1.165) is 0 Å². The molecule has 11 nitrogen and oxygen atoms in total. The molecule has 116 valence electrons. The minimum absolute atomic E-state index is 0.192. The maximum Gasteiger partial charge on any atom is 0.699 e. The molecule has 0 N–H and O–H groups in total. The van der Waals surface area contributed by atoms with Crippen molar-refractivity contribution in [2.75, 3.05) is 0 Å². The summed E-state index contributed by atoms with van der Waals surface area (Å²) in [6.07, 6.45) is -3.39. The maximum absolute atomic E-state index is 12.3. The average Bonchev–Trinajstić information content (AvgIpc) is 2.27. The first-order valence-corrected chi connectivity index (χ1v) is 4.60. The van der Waals surface area contributed by atoms with Gasteiger partial charge in [-0.2, -0.15) is 0 Å². The van der Waals surface area contributed by atoms with Gasteiger partial charge in [0.25, 0.3) is 0 Å². The van der Waals surface area contributed by atoms with Crippen molar-refractivity contribution in [3.63, 3.8) is 0 Å². The predicted octanol–water partition coefficient (Wildman–Crippen LogP) is 1.11. The number of hydrogen-bond donors (Lipinski definition) is 0. The molecule has 0 bridgehead atoms. The summed E-state index contributed by atoms with van der Waals surface area (Å²) in [5.41, 5.74) is -3.45. The lowest BCUT2D eigenvalue weighted by molar-refractivity contribution is -0.970. The highest BCUT2D eigenvalue weighted by atomic mass is 19.4. The van der Waals surface area contributed by atoms with Crippen LogP contribution in [0.3, 0.4) is 0 Å². The SMILES string of the molecule is CC(CCC([N+](=O)[O-])([N+](=O)[O-])[N+](=O)[O-])(N(F)F)N(F)F. The zero-order chi connectivity index (χ0) is 16.3. The molecule has 0 aromatic heterocycles. The topological polar surface area (TPSA) is 136 Å². The number of halogens is 4. The van der Waals surface area contributed by atoms with Crippen LogP contribution in [0.15, 0.2) is 0 Å². The second kappa shape index (κ2) is 5.87. The van der Waals surface area contributed by atoms with Gasteiger partial charge >= 0.3 is 5.79 Å². The summed E-state index contributed by atoms with van der Waals surface area (Å²) in [4.78, 5) is 25.6. The van der Waals surface area contributed by atoms with Crippen LogP contribution in [0.5, 0.6) is 0 Å². The van der Waals surface area contributed by atoms with Crippen molar-refractivity contribution in [1.82, 2.24) is 10.7 Å². The molecule has 0 aromatic rings. The van der Waals surface area contributed by atoms with E-state index in [2.05, 4.69) is 0 Å². The molecule has 0 atom stereocenters. The molecule has 0 rings (SSSR count). The number of nitrogens with zero attached hydrogens (tertiary/aromatic N) is 5. The van der Waals surface area contributed by atoms with E-state index in [1.54, 1.807) is 0 Å². The fourth-order valence-electron chi connectivity index (χ4n) is 1.10. The lowest BCUT2D eigenvalue weighted by Gasteiger charge is -2.27. The molecular formula is C5H7F4N5O6. The Labute approximate surface area is 106 Å². The maximum atomic E-state index is 12.3. The van der Waals surface area contributed by atoms with E-state index in [0.29, 0.717) is 0 Å². The highest BCUT2D eigenvalue weighted by Crippen LogP contribution is 2.32. The highest BCUT2D eigenvalue weighted by Gasteiger charge is 2.70. The van der Waals surface area contributed by atoms with Gasteiger partial charge in [-0.15, -0.1) is 0 Å². The second-order valence-corrected chi connectivity index (χ2v) is 3.73. The van der Waals surface area contributed by atoms with E-state index < -0.39 is 49.7 Å². The van der Waals surface area contributed by atoms with Crippen LogP contribution >= 0.6 is 0 Å². The third-order valence-electron chi connectivity index (χ3n) is 2.54. The molecule has 0 heterocycles. The molecule has 20 heavy (non-hydrogen) atoms. The van der Waals surface area contributed by atoms with Crippen LogP contribution in [-0.2, 0) is 0 Å². The van der Waals surface area contributed by atoms with Gasteiger partial charge in [-0.25, -0.2) is 0 Å². The van der Waals surface area contributed by atoms with Crippen LogP contribution in [0.2, 0.25) is 0 Å². The number of nitro groups is 3. The first-order chi connectivity index (χ1) is 8.92. The molecule has 0 spiro atoms. The highest BCUT2D eigenvalue weighted by molar-refractivity contribution is 4.73. The molecular weight excluding hydrogens is 302 g/mol. The van der Waals surface area contributed by atoms with Crippen LogP contribution in [0.4, 0.5) is 17.9 Å². The van der Waals surface area contributed by atoms with Crippen LogP contribution in [-0.4, -0.2) is 36.9 Å². The minimum Gasteiger partial charge on any atom is -0.253 e. The van der Waals surface area contributed by atoms with Gasteiger partial charge in [0.05, 0.1) is 0 Å². The monoisotopic (exact) mass is 309 g/mol. The molecule has 0 unspecified atom stereocenters. The van der Waals surface area contributed by atoms with Gasteiger partial charge in [-0.1, -0.05) is 17.9 Å². The average molecular weight is 309 g/mol. The van der Waals surface area contributed by atoms with E-state index in [-0.39, 0.29) is 6.92 Å². The van der Waals surface area contributed by atoms with Gasteiger partial charge in [0.15, 0.2) is 26.9 Å². The fourth-order valence-corrected chi connectivity index (χ4v) is 1.10. The van der Waals surface area contributed by atoms with Crippen molar-refractivity contribution in [2.24, 2.45) is 0 Å². The normalized spacial score (nSPS) is 12.8. The predicted molar refractivity (Wildman–Crippen MR) is 49.5 cm³/mol. The summed E-state index contributed by atoms with van der Waals surface area (Å²) in [7, 11) is 0. The summed E-state index contributed by atoms with van der Waals surface area (Å²) >= 11 is 0. The molecule has 15 heteroatoms. The second-order valence-electron chi connectivity index (χ2n) is 3.73. The van der Waals surface area contributed by atoms with Crippen molar-refractivity contribution in [1.29, 1.82) is 0 Å². The van der Waals surface area contributed by atoms with Gasteiger partial charge in [0.2, 0.25) is 0 Å². The summed E-state index contributed by atoms with van der Waals surface area (Å²) in [5, 5.41) is 27.3. The summed E-state index contributed by atoms with van der Waals surface area (Å²) in [5.74, 6) is -4.08. The fraction of sp³-hybridized carbons (Fsp3) is 1.00. The molecule has 0 saturated heterocycles. The summed E-state index contributed by atoms with van der Waals surface area (Å²) < 4.78 is 49.3. The van der Waals surface area contributed by atoms with Gasteiger partial charge in [0.1, 0.15) is 0 Å². The van der Waals surface area contributed by atoms with Crippen LogP contribution in [0, 0.1) is 30.3 Å². The largest absolute Gasteiger partial charge is 0.699 e. The number of hydrogen-bond acceptors (Lipinski definition) is 8. The Hall–Kier alpha value is -2.16. The van der Waals surface area contributed by atoms with Crippen molar-refractivity contribution < 1.29 is 32.7 Å². The molecule has 0 aliphatic rings. The Morgan fingerprint density at radius 3 is 1.35 bits per heavy atom. The lowest BCUT2D eigenvalue weighted by atomic mass is 10.0. The Morgan fingerprint density at radius 2 is 1.15 bits per heavy atom. The quantitative estimate of drug-likeness (QED) is 0.214. The minimum atomic E-state index is -4.08. The Morgan fingerprint density at radius 1 is 0.850 bits per heavy atom. The molecule has 0 saturated carbocycles. The van der Waals surface area contributed by atoms with Gasteiger partial charge < -0.3 is 0 Å². The van der Waals surface area contributed by atoms with Crippen LogP contribution in [0.25, 0.3) is 0 Å². The van der Waals surface area contributed by atoms with Gasteiger partial charge in [-0.3, -0.25) is 30.3 Å². The third kappa shape index (κ3) is 2.87. The van der Waals surface area contributed by atoms with E-state index in [9.17, 15) is 48.3 Å². The van der Waals surface area contributed by atoms with Crippen molar-refractivity contribution in [3.8, 4) is 0 Å². The smallest absolute Gasteiger partial charge is 0.253 e. The molecule has 0 amide bonds. The standard InChI is InChI=1S/C5H7F4N5O6/c1-4(10(6)7,11(8)9)2-3-5(12(15)16,13(17)18)14(19)20/h2-3H2,1H3. The third-order valence-corrected chi connectivity index (χ3v) is 2.54. The van der Waals surface area contributed by atoms with Gasteiger partial charge in [0, 0.05) is 17.1 Å². The lowest BCUT2D eigenvalue weighted by Crippen LogP contribution is -2.56. The Bertz CT molecular complexity index is 375. The molecule has 0 aromatic carbocycles. The molecule has 0 aliphatic carbocycles. The summed E-state index contributed by atoms with van der Waals surface area (Å²) in [6, 6.07) is 0. The zero-order valence-electron chi connectivity index (χ0n) is 9.61. The van der Waals surface area contributed by atoms with Crippen molar-refractivity contribution in [3.05, 3.63) is 30.3 Å². The zero-order valence-corrected chi connectivity index (χ0v) is 9.61. The molecule has 0 fully saturated rings. The van der Waals surface area contributed by atoms with Crippen LogP contribution in [0.1, 0.15) is 19.8 Å². The first kappa shape index (κ1) is 17.8. The van der Waals surface area contributed by atoms with E-state index >= 15 is 0 Å². The van der Waals surface area contributed by atoms with Crippen molar-refractivity contribution in [2.45, 2.75) is 31.2 Å². The Balaban J connectivity index is 5.47. The van der Waals surface area contributed by atoms with E-state index in [1.165, 1.54) is 0 Å². The summed E-state index contributed by atoms with van der Waals surface area (Å²) in [6.45, 7) is 0.192. The first-order valence-electron chi connectivity index (χ1n) is 4.60. The van der Waals surface area contributed by atoms with Crippen molar-refractivity contribution >= 4 is 0 Å². The van der Waals surface area contributed by atoms with Crippen LogP contribution < -0.4 is 0 Å². The number of rotatable bonds is 8. The molecule has 0 radical (unpaired) electrons. The van der Waals surface area contributed by atoms with E-state index in [1.807, 2.05) is 0 Å².